The number of nitrogens with two attached hydrogens (primary N) is 1. The molecule has 0 amide bonds. The van der Waals surface area contributed by atoms with Gasteiger partial charge in [0.25, 0.3) is 0 Å². The molecule has 0 aliphatic carbocycles. The number of aromatic amines is 2. The maximum absolute atomic E-state index is 6.05. The Morgan fingerprint density at radius 3 is 2.64 bits per heavy atom. The summed E-state index contributed by atoms with van der Waals surface area (Å²) in [5.41, 5.74) is 13.1. The van der Waals surface area contributed by atoms with Crippen LogP contribution in [0.3, 0.4) is 0 Å². The van der Waals surface area contributed by atoms with E-state index in [0.29, 0.717) is 18.1 Å². The maximum atomic E-state index is 6.05. The summed E-state index contributed by atoms with van der Waals surface area (Å²) < 4.78 is 5.52. The molecule has 7 nitrogen and oxygen atoms in total. The Bertz CT molecular complexity index is 1400. The molecule has 1 atom stereocenters. The number of rotatable bonds is 7. The standard InChI is InChI=1S/C26H28N6O/c1-16-28-25-20(13-24(27)31-26(25)29-16)22-12-19-11-17(9-10-21(19)30-22)14-32(2)23(15-33-3)18-7-5-4-6-8-18/h4-13,23,30H,14-15H2,1-3H3,(H3,27,28,29,31). The Balaban J connectivity index is 1.45. The highest BCUT2D eigenvalue weighted by Gasteiger charge is 2.18. The van der Waals surface area contributed by atoms with Gasteiger partial charge in [-0.2, -0.15) is 0 Å². The topological polar surface area (TPSA) is 95.8 Å². The summed E-state index contributed by atoms with van der Waals surface area (Å²) in [4.78, 5) is 17.9. The minimum atomic E-state index is 0.186. The Hall–Kier alpha value is -3.68. The van der Waals surface area contributed by atoms with Crippen molar-refractivity contribution in [1.82, 2.24) is 24.8 Å². The van der Waals surface area contributed by atoms with Crippen LogP contribution in [-0.4, -0.2) is 45.6 Å². The zero-order valence-corrected chi connectivity index (χ0v) is 19.1. The van der Waals surface area contributed by atoms with Crippen molar-refractivity contribution in [1.29, 1.82) is 0 Å². The van der Waals surface area contributed by atoms with Crippen LogP contribution >= 0.6 is 0 Å². The number of ether oxygens (including phenoxy) is 1. The van der Waals surface area contributed by atoms with Crippen LogP contribution in [0, 0.1) is 6.92 Å². The van der Waals surface area contributed by atoms with Gasteiger partial charge in [0.15, 0.2) is 5.65 Å². The maximum Gasteiger partial charge on any atom is 0.180 e. The van der Waals surface area contributed by atoms with Gasteiger partial charge in [0.2, 0.25) is 0 Å². The van der Waals surface area contributed by atoms with Crippen molar-refractivity contribution in [3.8, 4) is 11.3 Å². The van der Waals surface area contributed by atoms with Crippen molar-refractivity contribution < 1.29 is 4.74 Å². The summed E-state index contributed by atoms with van der Waals surface area (Å²) in [7, 11) is 3.89. The molecule has 7 heteroatoms. The minimum Gasteiger partial charge on any atom is -0.384 e. The summed E-state index contributed by atoms with van der Waals surface area (Å²) >= 11 is 0. The second kappa shape index (κ2) is 8.69. The third-order valence-electron chi connectivity index (χ3n) is 6.05. The quantitative estimate of drug-likeness (QED) is 0.337. The number of benzene rings is 2. The van der Waals surface area contributed by atoms with Gasteiger partial charge in [-0.1, -0.05) is 36.4 Å². The number of anilines is 1. The predicted octanol–water partition coefficient (Wildman–Crippen LogP) is 4.82. The number of nitrogens with one attached hydrogen (secondary N) is 2. The van der Waals surface area contributed by atoms with E-state index in [0.717, 1.165) is 40.0 Å². The Labute approximate surface area is 192 Å². The highest BCUT2D eigenvalue weighted by atomic mass is 16.5. The lowest BCUT2D eigenvalue weighted by atomic mass is 10.1. The van der Waals surface area contributed by atoms with Gasteiger partial charge in [0.1, 0.15) is 11.6 Å². The van der Waals surface area contributed by atoms with Crippen LogP contribution in [0.1, 0.15) is 23.0 Å². The normalized spacial score (nSPS) is 12.7. The zero-order valence-electron chi connectivity index (χ0n) is 19.1. The second-order valence-electron chi connectivity index (χ2n) is 8.52. The fourth-order valence-corrected chi connectivity index (χ4v) is 4.47. The van der Waals surface area contributed by atoms with Crippen molar-refractivity contribution in [2.24, 2.45) is 0 Å². The van der Waals surface area contributed by atoms with Gasteiger partial charge in [-0.25, -0.2) is 9.97 Å². The van der Waals surface area contributed by atoms with Gasteiger partial charge >= 0.3 is 0 Å². The van der Waals surface area contributed by atoms with Gasteiger partial charge < -0.3 is 20.4 Å². The molecular formula is C26H28N6O. The van der Waals surface area contributed by atoms with Crippen LogP contribution < -0.4 is 5.73 Å². The van der Waals surface area contributed by atoms with Crippen molar-refractivity contribution in [2.45, 2.75) is 19.5 Å². The molecule has 0 spiro atoms. The second-order valence-corrected chi connectivity index (χ2v) is 8.52. The summed E-state index contributed by atoms with van der Waals surface area (Å²) in [6.45, 7) is 3.37. The lowest BCUT2D eigenvalue weighted by Gasteiger charge is -2.28. The van der Waals surface area contributed by atoms with Crippen LogP contribution in [0.15, 0.2) is 60.7 Å². The summed E-state index contributed by atoms with van der Waals surface area (Å²) in [6, 6.07) is 21.3. The van der Waals surface area contributed by atoms with Crippen molar-refractivity contribution in [2.75, 3.05) is 26.5 Å². The third kappa shape index (κ3) is 4.20. The average Bonchev–Trinajstić information content (AvgIpc) is 3.39. The van der Waals surface area contributed by atoms with Gasteiger partial charge in [0, 0.05) is 35.8 Å². The molecule has 0 aliphatic rings. The third-order valence-corrected chi connectivity index (χ3v) is 6.05. The van der Waals surface area contributed by atoms with Crippen molar-refractivity contribution in [3.05, 3.63) is 77.6 Å². The molecule has 1 unspecified atom stereocenters. The molecule has 0 saturated carbocycles. The predicted molar refractivity (Wildman–Crippen MR) is 133 cm³/mol. The van der Waals surface area contributed by atoms with Gasteiger partial charge in [-0.05, 0) is 49.4 Å². The highest BCUT2D eigenvalue weighted by Crippen LogP contribution is 2.31. The number of pyridine rings is 1. The molecule has 5 rings (SSSR count). The van der Waals surface area contributed by atoms with E-state index >= 15 is 0 Å². The number of imidazole rings is 1. The van der Waals surface area contributed by atoms with E-state index in [-0.39, 0.29) is 6.04 Å². The zero-order chi connectivity index (χ0) is 22.9. The first-order valence-electron chi connectivity index (χ1n) is 11.0. The Morgan fingerprint density at radius 1 is 1.03 bits per heavy atom. The number of methoxy groups -OCH3 is 1. The first-order chi connectivity index (χ1) is 16.0. The molecule has 33 heavy (non-hydrogen) atoms. The number of hydrogen-bond acceptors (Lipinski definition) is 5. The number of nitrogens with zero attached hydrogens (tertiary/aromatic N) is 3. The van der Waals surface area contributed by atoms with E-state index in [4.69, 9.17) is 10.5 Å². The summed E-state index contributed by atoms with van der Waals surface area (Å²) in [6.07, 6.45) is 0. The summed E-state index contributed by atoms with van der Waals surface area (Å²) in [5.74, 6) is 1.27. The first kappa shape index (κ1) is 21.2. The molecule has 2 aromatic carbocycles. The monoisotopic (exact) mass is 440 g/mol. The van der Waals surface area contributed by atoms with Crippen LogP contribution in [-0.2, 0) is 11.3 Å². The van der Waals surface area contributed by atoms with Crippen LogP contribution in [0.4, 0.5) is 5.82 Å². The van der Waals surface area contributed by atoms with Crippen molar-refractivity contribution in [3.63, 3.8) is 0 Å². The molecule has 168 valence electrons. The lowest BCUT2D eigenvalue weighted by molar-refractivity contribution is 0.102. The van der Waals surface area contributed by atoms with Gasteiger partial charge in [-0.15, -0.1) is 0 Å². The Morgan fingerprint density at radius 2 is 1.85 bits per heavy atom. The Kier molecular flexibility index (Phi) is 5.58. The molecule has 4 N–H and O–H groups in total. The number of H-pyrrole nitrogens is 2. The summed E-state index contributed by atoms with van der Waals surface area (Å²) in [5, 5.41) is 1.15. The fraction of sp³-hybridized carbons (Fsp3) is 0.231. The van der Waals surface area contributed by atoms with Crippen molar-refractivity contribution >= 4 is 27.9 Å². The largest absolute Gasteiger partial charge is 0.384 e. The molecule has 0 saturated heterocycles. The smallest absolute Gasteiger partial charge is 0.180 e. The molecule has 3 heterocycles. The fourth-order valence-electron chi connectivity index (χ4n) is 4.47. The van der Waals surface area contributed by atoms with E-state index in [1.54, 1.807) is 7.11 Å². The molecular weight excluding hydrogens is 412 g/mol. The highest BCUT2D eigenvalue weighted by molar-refractivity contribution is 5.95. The van der Waals surface area contributed by atoms with E-state index < -0.39 is 0 Å². The number of likely N-dealkylation sites (N-methyl/N-ethyl adjacent to an activating group) is 1. The molecule has 3 aromatic heterocycles. The van der Waals surface area contributed by atoms with E-state index in [1.807, 2.05) is 19.1 Å². The van der Waals surface area contributed by atoms with Gasteiger partial charge in [0.05, 0.1) is 18.2 Å². The van der Waals surface area contributed by atoms with Crippen LogP contribution in [0.5, 0.6) is 0 Å². The van der Waals surface area contributed by atoms with E-state index in [1.165, 1.54) is 11.1 Å². The van der Waals surface area contributed by atoms with E-state index in [9.17, 15) is 0 Å². The number of hydrogen-bond donors (Lipinski definition) is 3. The molecule has 5 aromatic rings. The number of fused-ring (bicyclic) bond motifs is 2. The first-order valence-corrected chi connectivity index (χ1v) is 11.0. The van der Waals surface area contributed by atoms with Gasteiger partial charge in [-0.3, -0.25) is 4.90 Å². The van der Waals surface area contributed by atoms with Crippen LogP contribution in [0.2, 0.25) is 0 Å². The molecule has 0 fully saturated rings. The van der Waals surface area contributed by atoms with Crippen LogP contribution in [0.25, 0.3) is 33.3 Å². The number of nitrogen functional groups attached to an aromatic ring is 1. The lowest BCUT2D eigenvalue weighted by Crippen LogP contribution is -2.27. The average molecular weight is 441 g/mol. The van der Waals surface area contributed by atoms with E-state index in [2.05, 4.69) is 80.4 Å². The molecule has 0 bridgehead atoms. The number of aryl methyl sites for hydroxylation is 1. The molecule has 0 aliphatic heterocycles. The minimum absolute atomic E-state index is 0.186. The number of aromatic nitrogens is 4. The molecule has 0 radical (unpaired) electrons. The SMILES string of the molecule is COCC(c1ccccc1)N(C)Cc1ccc2[nH]c(-c3cc(N)nc4nc(C)[nH]c34)cc2c1.